The highest BCUT2D eigenvalue weighted by Gasteiger charge is 2.26. The van der Waals surface area contributed by atoms with Gasteiger partial charge >= 0.3 is 0 Å². The van der Waals surface area contributed by atoms with Crippen molar-refractivity contribution < 1.29 is 18.0 Å². The fourth-order valence-corrected chi connectivity index (χ4v) is 2.99. The molecule has 2 amide bonds. The number of aromatic nitrogens is 2. The molecule has 9 nitrogen and oxygen atoms in total. The number of carbonyl (C=O) groups is 2. The van der Waals surface area contributed by atoms with Crippen molar-refractivity contribution in [2.24, 2.45) is 7.05 Å². The average Bonchev–Trinajstić information content (AvgIpc) is 2.90. The Labute approximate surface area is 128 Å². The fraction of sp³-hybridized carbons (Fsp3) is 0.583. The summed E-state index contributed by atoms with van der Waals surface area (Å²) in [6.07, 6.45) is 2.79. The lowest BCUT2D eigenvalue weighted by Crippen LogP contribution is -2.52. The Morgan fingerprint density at radius 1 is 1.27 bits per heavy atom. The van der Waals surface area contributed by atoms with Crippen LogP contribution in [-0.4, -0.2) is 78.2 Å². The molecule has 1 aliphatic heterocycles. The molecule has 0 aliphatic carbocycles. The van der Waals surface area contributed by atoms with E-state index in [-0.39, 0.29) is 31.2 Å². The Kier molecular flexibility index (Phi) is 4.81. The average molecular weight is 329 g/mol. The summed E-state index contributed by atoms with van der Waals surface area (Å²) in [5, 5.41) is 6.46. The van der Waals surface area contributed by atoms with Crippen molar-refractivity contribution in [3.05, 3.63) is 18.0 Å². The number of aryl methyl sites for hydroxylation is 1. The molecule has 2 rings (SSSR count). The van der Waals surface area contributed by atoms with E-state index in [0.29, 0.717) is 13.1 Å². The first-order chi connectivity index (χ1) is 10.3. The first-order valence-electron chi connectivity index (χ1n) is 6.78. The van der Waals surface area contributed by atoms with Gasteiger partial charge in [-0.2, -0.15) is 9.40 Å². The molecule has 0 saturated carbocycles. The molecule has 10 heteroatoms. The highest BCUT2D eigenvalue weighted by atomic mass is 32.2. The Hall–Kier alpha value is -1.94. The summed E-state index contributed by atoms with van der Waals surface area (Å²) in [6.45, 7) is 1.07. The van der Waals surface area contributed by atoms with Crippen molar-refractivity contribution in [1.82, 2.24) is 24.3 Å². The van der Waals surface area contributed by atoms with Crippen LogP contribution >= 0.6 is 0 Å². The number of piperazine rings is 1. The standard InChI is InChI=1S/C12H19N5O4S/c1-15-4-3-10(14-15)12(19)13-9-11(18)16-5-7-17(8-6-16)22(2,20)21/h3-4H,5-9H2,1-2H3,(H,13,19). The summed E-state index contributed by atoms with van der Waals surface area (Å²) in [7, 11) is -1.52. The third kappa shape index (κ3) is 4.04. The maximum Gasteiger partial charge on any atom is 0.272 e. The van der Waals surface area contributed by atoms with Crippen LogP contribution in [0.5, 0.6) is 0 Å². The quantitative estimate of drug-likeness (QED) is 0.706. The SMILES string of the molecule is Cn1ccc(C(=O)NCC(=O)N2CCN(S(C)(=O)=O)CC2)n1. The van der Waals surface area contributed by atoms with Crippen molar-refractivity contribution in [1.29, 1.82) is 0 Å². The molecule has 1 N–H and O–H groups in total. The zero-order valence-corrected chi connectivity index (χ0v) is 13.3. The molecule has 2 heterocycles. The van der Waals surface area contributed by atoms with E-state index in [2.05, 4.69) is 10.4 Å². The largest absolute Gasteiger partial charge is 0.342 e. The molecule has 1 saturated heterocycles. The second kappa shape index (κ2) is 6.44. The molecule has 122 valence electrons. The van der Waals surface area contributed by atoms with Gasteiger partial charge in [-0.05, 0) is 6.07 Å². The van der Waals surface area contributed by atoms with Gasteiger partial charge < -0.3 is 10.2 Å². The van der Waals surface area contributed by atoms with Gasteiger partial charge in [-0.3, -0.25) is 14.3 Å². The number of nitrogens with one attached hydrogen (secondary N) is 1. The van der Waals surface area contributed by atoms with Crippen LogP contribution in [0.25, 0.3) is 0 Å². The van der Waals surface area contributed by atoms with Gasteiger partial charge in [-0.15, -0.1) is 0 Å². The van der Waals surface area contributed by atoms with Crippen LogP contribution in [0.2, 0.25) is 0 Å². The minimum atomic E-state index is -3.22. The van der Waals surface area contributed by atoms with Crippen molar-refractivity contribution in [3.8, 4) is 0 Å². The lowest BCUT2D eigenvalue weighted by atomic mass is 10.3. The molecule has 0 unspecified atom stereocenters. The maximum atomic E-state index is 12.0. The molecule has 0 atom stereocenters. The molecule has 0 bridgehead atoms. The summed E-state index contributed by atoms with van der Waals surface area (Å²) in [6, 6.07) is 1.56. The zero-order valence-electron chi connectivity index (χ0n) is 12.5. The summed E-state index contributed by atoms with van der Waals surface area (Å²) >= 11 is 0. The molecule has 0 radical (unpaired) electrons. The summed E-state index contributed by atoms with van der Waals surface area (Å²) in [4.78, 5) is 25.3. The van der Waals surface area contributed by atoms with E-state index in [9.17, 15) is 18.0 Å². The van der Waals surface area contributed by atoms with Crippen LogP contribution < -0.4 is 5.32 Å². The monoisotopic (exact) mass is 329 g/mol. The van der Waals surface area contributed by atoms with Gasteiger partial charge in [0.1, 0.15) is 5.69 Å². The van der Waals surface area contributed by atoms with Gasteiger partial charge in [0.2, 0.25) is 15.9 Å². The molecule has 1 aliphatic rings. The smallest absolute Gasteiger partial charge is 0.272 e. The zero-order chi connectivity index (χ0) is 16.3. The molecule has 1 aromatic heterocycles. The summed E-state index contributed by atoms with van der Waals surface area (Å²) < 4.78 is 25.6. The van der Waals surface area contributed by atoms with Crippen LogP contribution in [0.4, 0.5) is 0 Å². The van der Waals surface area contributed by atoms with E-state index >= 15 is 0 Å². The number of hydrogen-bond donors (Lipinski definition) is 1. The first kappa shape index (κ1) is 16.4. The van der Waals surface area contributed by atoms with Gasteiger partial charge in [0, 0.05) is 39.4 Å². The van der Waals surface area contributed by atoms with Crippen molar-refractivity contribution in [2.75, 3.05) is 39.0 Å². The van der Waals surface area contributed by atoms with Crippen molar-refractivity contribution in [2.45, 2.75) is 0 Å². The van der Waals surface area contributed by atoms with E-state index in [4.69, 9.17) is 0 Å². The number of nitrogens with zero attached hydrogens (tertiary/aromatic N) is 4. The number of rotatable bonds is 4. The fourth-order valence-electron chi connectivity index (χ4n) is 2.16. The lowest BCUT2D eigenvalue weighted by molar-refractivity contribution is -0.131. The highest BCUT2D eigenvalue weighted by Crippen LogP contribution is 2.06. The van der Waals surface area contributed by atoms with E-state index in [0.717, 1.165) is 6.26 Å². The number of hydrogen-bond acceptors (Lipinski definition) is 5. The Morgan fingerprint density at radius 3 is 2.41 bits per heavy atom. The Balaban J connectivity index is 1.80. The Morgan fingerprint density at radius 2 is 1.91 bits per heavy atom. The second-order valence-corrected chi connectivity index (χ2v) is 7.08. The van der Waals surface area contributed by atoms with Crippen LogP contribution in [0, 0.1) is 0 Å². The third-order valence-corrected chi connectivity index (χ3v) is 4.71. The van der Waals surface area contributed by atoms with Gasteiger partial charge in [-0.1, -0.05) is 0 Å². The summed E-state index contributed by atoms with van der Waals surface area (Å²) in [5.74, 6) is -0.652. The van der Waals surface area contributed by atoms with E-state index in [1.54, 1.807) is 24.2 Å². The van der Waals surface area contributed by atoms with Crippen LogP contribution in [-0.2, 0) is 21.9 Å². The van der Waals surface area contributed by atoms with Gasteiger partial charge in [-0.25, -0.2) is 8.42 Å². The normalized spacial score (nSPS) is 16.5. The predicted octanol–water partition coefficient (Wildman–Crippen LogP) is -1.75. The lowest BCUT2D eigenvalue weighted by Gasteiger charge is -2.33. The minimum absolute atomic E-state index is 0.131. The molecule has 0 spiro atoms. The molecule has 22 heavy (non-hydrogen) atoms. The molecular formula is C12H19N5O4S. The number of sulfonamides is 1. The topological polar surface area (TPSA) is 105 Å². The third-order valence-electron chi connectivity index (χ3n) is 3.41. The van der Waals surface area contributed by atoms with E-state index in [1.165, 1.54) is 8.99 Å². The second-order valence-electron chi connectivity index (χ2n) is 5.10. The van der Waals surface area contributed by atoms with Crippen molar-refractivity contribution >= 4 is 21.8 Å². The molecular weight excluding hydrogens is 310 g/mol. The maximum absolute atomic E-state index is 12.0. The van der Waals surface area contributed by atoms with Gasteiger partial charge in [0.15, 0.2) is 0 Å². The predicted molar refractivity (Wildman–Crippen MR) is 78.5 cm³/mol. The highest BCUT2D eigenvalue weighted by molar-refractivity contribution is 7.88. The van der Waals surface area contributed by atoms with Gasteiger partial charge in [0.25, 0.3) is 5.91 Å². The van der Waals surface area contributed by atoms with Crippen LogP contribution in [0.1, 0.15) is 10.5 Å². The van der Waals surface area contributed by atoms with Crippen molar-refractivity contribution in [3.63, 3.8) is 0 Å². The number of amides is 2. The van der Waals surface area contributed by atoms with E-state index < -0.39 is 15.9 Å². The number of carbonyl (C=O) groups excluding carboxylic acids is 2. The first-order valence-corrected chi connectivity index (χ1v) is 8.63. The summed E-state index contributed by atoms with van der Waals surface area (Å²) in [5.41, 5.74) is 0.247. The molecule has 0 aromatic carbocycles. The Bertz CT molecular complexity index is 661. The minimum Gasteiger partial charge on any atom is -0.342 e. The van der Waals surface area contributed by atoms with E-state index in [1.807, 2.05) is 0 Å². The molecule has 1 fully saturated rings. The van der Waals surface area contributed by atoms with Crippen LogP contribution in [0.15, 0.2) is 12.3 Å². The van der Waals surface area contributed by atoms with Crippen LogP contribution in [0.3, 0.4) is 0 Å². The van der Waals surface area contributed by atoms with Gasteiger partial charge in [0.05, 0.1) is 12.8 Å². The molecule has 1 aromatic rings.